The van der Waals surface area contributed by atoms with Crippen molar-refractivity contribution in [1.29, 1.82) is 0 Å². The summed E-state index contributed by atoms with van der Waals surface area (Å²) in [5.74, 6) is 4.16. The van der Waals surface area contributed by atoms with Gasteiger partial charge in [-0.15, -0.1) is 24.0 Å². The van der Waals surface area contributed by atoms with Gasteiger partial charge in [0.2, 0.25) is 0 Å². The third kappa shape index (κ3) is 6.07. The highest BCUT2D eigenvalue weighted by molar-refractivity contribution is 14.0. The Hall–Kier alpha value is -1.84. The van der Waals surface area contributed by atoms with Crippen molar-refractivity contribution in [1.82, 2.24) is 25.4 Å². The van der Waals surface area contributed by atoms with Gasteiger partial charge in [-0.1, -0.05) is 18.2 Å². The Balaban J connectivity index is 0.00000240. The van der Waals surface area contributed by atoms with E-state index in [-0.39, 0.29) is 24.0 Å². The molecule has 0 atom stereocenters. The van der Waals surface area contributed by atoms with Crippen LogP contribution in [0.2, 0.25) is 0 Å². The van der Waals surface area contributed by atoms with Crippen molar-refractivity contribution in [2.75, 3.05) is 26.2 Å². The van der Waals surface area contributed by atoms with E-state index in [2.05, 4.69) is 50.5 Å². The van der Waals surface area contributed by atoms with E-state index in [0.29, 0.717) is 12.5 Å². The molecule has 2 aromatic rings. The van der Waals surface area contributed by atoms with Crippen molar-refractivity contribution in [3.05, 3.63) is 42.0 Å². The van der Waals surface area contributed by atoms with E-state index >= 15 is 0 Å². The molecular formula is C21H31IN6O. The van der Waals surface area contributed by atoms with Gasteiger partial charge in [0.05, 0.1) is 13.2 Å². The number of aliphatic imine (C=N–C) groups is 1. The first-order valence-corrected chi connectivity index (χ1v) is 10.4. The van der Waals surface area contributed by atoms with Gasteiger partial charge in [0.25, 0.3) is 0 Å². The number of rotatable bonds is 7. The molecular weight excluding hydrogens is 479 g/mol. The van der Waals surface area contributed by atoms with Crippen LogP contribution in [0.15, 0.2) is 35.6 Å². The van der Waals surface area contributed by atoms with Crippen molar-refractivity contribution in [2.45, 2.75) is 45.1 Å². The predicted molar refractivity (Wildman–Crippen MR) is 125 cm³/mol. The lowest BCUT2D eigenvalue weighted by Gasteiger charge is -2.33. The second kappa shape index (κ2) is 10.8. The van der Waals surface area contributed by atoms with Gasteiger partial charge in [0, 0.05) is 31.1 Å². The highest BCUT2D eigenvalue weighted by Gasteiger charge is 2.24. The van der Waals surface area contributed by atoms with Crippen LogP contribution in [0.25, 0.3) is 0 Å². The molecule has 0 unspecified atom stereocenters. The summed E-state index contributed by atoms with van der Waals surface area (Å²) in [5.41, 5.74) is 1.15. The fourth-order valence-corrected chi connectivity index (χ4v) is 3.63. The highest BCUT2D eigenvalue weighted by atomic mass is 127. The Kier molecular flexibility index (Phi) is 8.14. The summed E-state index contributed by atoms with van der Waals surface area (Å²) in [6.45, 7) is 6.37. The number of hydrogen-bond donors (Lipinski definition) is 2. The highest BCUT2D eigenvalue weighted by Crippen LogP contribution is 2.30. The number of nitrogens with zero attached hydrogens (tertiary/aromatic N) is 4. The van der Waals surface area contributed by atoms with Crippen LogP contribution in [0.5, 0.6) is 5.75 Å². The van der Waals surface area contributed by atoms with Gasteiger partial charge in [-0.2, -0.15) is 5.10 Å². The number of ether oxygens (including phenoxy) is 1. The molecule has 1 saturated heterocycles. The Morgan fingerprint density at radius 1 is 1.24 bits per heavy atom. The summed E-state index contributed by atoms with van der Waals surface area (Å²) in [5, 5.41) is 10.4. The number of H-pyrrole nitrogens is 1. The van der Waals surface area contributed by atoms with E-state index in [1.54, 1.807) is 6.33 Å². The van der Waals surface area contributed by atoms with E-state index in [4.69, 9.17) is 9.73 Å². The molecule has 2 heterocycles. The lowest BCUT2D eigenvalue weighted by molar-refractivity contribution is 0.295. The number of piperidine rings is 1. The maximum Gasteiger partial charge on any atom is 0.194 e. The van der Waals surface area contributed by atoms with E-state index in [9.17, 15) is 0 Å². The predicted octanol–water partition coefficient (Wildman–Crippen LogP) is 3.56. The molecule has 8 heteroatoms. The molecule has 4 rings (SSSR count). The summed E-state index contributed by atoms with van der Waals surface area (Å²) in [6, 6.07) is 8.27. The first-order chi connectivity index (χ1) is 13.8. The summed E-state index contributed by atoms with van der Waals surface area (Å²) in [7, 11) is 0. The Morgan fingerprint density at radius 3 is 2.72 bits per heavy atom. The molecule has 1 saturated carbocycles. The van der Waals surface area contributed by atoms with Gasteiger partial charge in [-0.05, 0) is 44.6 Å². The summed E-state index contributed by atoms with van der Waals surface area (Å²) >= 11 is 0. The first-order valence-electron chi connectivity index (χ1n) is 10.4. The minimum atomic E-state index is 0. The van der Waals surface area contributed by atoms with Gasteiger partial charge in [-0.3, -0.25) is 5.10 Å². The number of nitrogens with one attached hydrogen (secondary N) is 2. The van der Waals surface area contributed by atoms with Crippen LogP contribution in [0, 0.1) is 5.92 Å². The maximum atomic E-state index is 6.03. The minimum Gasteiger partial charge on any atom is -0.493 e. The van der Waals surface area contributed by atoms with Crippen LogP contribution in [0.3, 0.4) is 0 Å². The number of halogens is 1. The third-order valence-electron chi connectivity index (χ3n) is 5.49. The molecule has 0 radical (unpaired) electrons. The molecule has 7 nitrogen and oxygen atoms in total. The molecule has 29 heavy (non-hydrogen) atoms. The SMILES string of the molecule is CCNC(=NCc1ccccc1OCC1CC1)N1CCC(c2ncn[nH]2)CC1.I. The second-order valence-electron chi connectivity index (χ2n) is 7.66. The maximum absolute atomic E-state index is 6.03. The molecule has 2 fully saturated rings. The third-order valence-corrected chi connectivity index (χ3v) is 5.49. The molecule has 0 spiro atoms. The monoisotopic (exact) mass is 510 g/mol. The standard InChI is InChI=1S/C21H30N6O.HI/c1-2-22-21(27-11-9-17(10-12-27)20-24-15-25-26-20)23-13-18-5-3-4-6-19(18)28-14-16-7-8-16;/h3-6,15-17H,2,7-14H2,1H3,(H,22,23)(H,24,25,26);1H. The Bertz CT molecular complexity index is 769. The fourth-order valence-electron chi connectivity index (χ4n) is 3.63. The average molecular weight is 510 g/mol. The number of hydrogen-bond acceptors (Lipinski definition) is 4. The molecule has 1 aliphatic carbocycles. The molecule has 158 valence electrons. The number of likely N-dealkylation sites (tertiary alicyclic amines) is 1. The number of guanidine groups is 1. The van der Waals surface area contributed by atoms with Crippen LogP contribution in [-0.4, -0.2) is 52.3 Å². The van der Waals surface area contributed by atoms with Crippen LogP contribution in [0.1, 0.15) is 49.9 Å². The average Bonchev–Trinajstić information content (AvgIpc) is 3.41. The summed E-state index contributed by atoms with van der Waals surface area (Å²) < 4.78 is 6.03. The van der Waals surface area contributed by atoms with Gasteiger partial charge in [-0.25, -0.2) is 9.98 Å². The Labute approximate surface area is 189 Å². The van der Waals surface area contributed by atoms with Crippen molar-refractivity contribution >= 4 is 29.9 Å². The molecule has 1 aromatic carbocycles. The first kappa shape index (κ1) is 21.9. The van der Waals surface area contributed by atoms with Crippen LogP contribution in [0.4, 0.5) is 0 Å². The van der Waals surface area contributed by atoms with Gasteiger partial charge in [0.1, 0.15) is 17.9 Å². The molecule has 0 bridgehead atoms. The number of aromatic nitrogens is 3. The molecule has 2 N–H and O–H groups in total. The summed E-state index contributed by atoms with van der Waals surface area (Å²) in [4.78, 5) is 11.6. The van der Waals surface area contributed by atoms with Crippen LogP contribution in [-0.2, 0) is 6.54 Å². The van der Waals surface area contributed by atoms with Crippen molar-refractivity contribution in [3.63, 3.8) is 0 Å². The number of aromatic amines is 1. The zero-order valence-electron chi connectivity index (χ0n) is 17.0. The number of para-hydroxylation sites is 1. The molecule has 2 aliphatic rings. The zero-order chi connectivity index (χ0) is 19.2. The lowest BCUT2D eigenvalue weighted by Crippen LogP contribution is -2.45. The van der Waals surface area contributed by atoms with Crippen LogP contribution >= 0.6 is 24.0 Å². The number of benzene rings is 1. The Morgan fingerprint density at radius 2 is 2.03 bits per heavy atom. The zero-order valence-corrected chi connectivity index (χ0v) is 19.3. The van der Waals surface area contributed by atoms with E-state index in [1.807, 2.05) is 6.07 Å². The molecule has 0 amide bonds. The van der Waals surface area contributed by atoms with E-state index < -0.39 is 0 Å². The molecule has 1 aromatic heterocycles. The second-order valence-corrected chi connectivity index (χ2v) is 7.66. The van der Waals surface area contributed by atoms with Crippen LogP contribution < -0.4 is 10.1 Å². The van der Waals surface area contributed by atoms with Crippen molar-refractivity contribution in [2.24, 2.45) is 10.9 Å². The van der Waals surface area contributed by atoms with Gasteiger partial charge < -0.3 is 15.0 Å². The smallest absolute Gasteiger partial charge is 0.194 e. The van der Waals surface area contributed by atoms with Crippen molar-refractivity contribution < 1.29 is 4.74 Å². The van der Waals surface area contributed by atoms with Gasteiger partial charge in [0.15, 0.2) is 5.96 Å². The minimum absolute atomic E-state index is 0. The topological polar surface area (TPSA) is 78.4 Å². The quantitative estimate of drug-likeness (QED) is 0.339. The molecule has 1 aliphatic heterocycles. The van der Waals surface area contributed by atoms with E-state index in [0.717, 1.165) is 68.1 Å². The lowest BCUT2D eigenvalue weighted by atomic mass is 9.96. The largest absolute Gasteiger partial charge is 0.493 e. The fraction of sp³-hybridized carbons (Fsp3) is 0.571. The van der Waals surface area contributed by atoms with Crippen molar-refractivity contribution in [3.8, 4) is 5.75 Å². The van der Waals surface area contributed by atoms with Gasteiger partial charge >= 0.3 is 0 Å². The summed E-state index contributed by atoms with van der Waals surface area (Å²) in [6.07, 6.45) is 6.31. The van der Waals surface area contributed by atoms with E-state index in [1.165, 1.54) is 12.8 Å². The normalized spacial score (nSPS) is 17.7.